The molecule has 0 heterocycles. The first-order chi connectivity index (χ1) is 12.5. The lowest BCUT2D eigenvalue weighted by molar-refractivity contribution is -0.682. The van der Waals surface area contributed by atoms with Gasteiger partial charge in [0.2, 0.25) is 0 Å². The molecule has 1 atom stereocenters. The number of aryl methyl sites for hydroxylation is 2. The van der Waals surface area contributed by atoms with Crippen molar-refractivity contribution in [2.24, 2.45) is 0 Å². The van der Waals surface area contributed by atoms with Crippen molar-refractivity contribution in [3.8, 4) is 5.75 Å². The van der Waals surface area contributed by atoms with E-state index in [2.05, 4.69) is 60.2 Å². The minimum atomic E-state index is 0.0278. The number of anilines is 1. The quantitative estimate of drug-likeness (QED) is 0.682. The zero-order valence-corrected chi connectivity index (χ0v) is 17.5. The smallest absolute Gasteiger partial charge is 0.279 e. The number of methoxy groups -OCH3 is 1. The van der Waals surface area contributed by atoms with Crippen LogP contribution in [0, 0.1) is 0 Å². The number of halogens is 1. The van der Waals surface area contributed by atoms with Gasteiger partial charge in [0.25, 0.3) is 5.91 Å². The first kappa shape index (κ1) is 20.5. The molecule has 0 saturated carbocycles. The third kappa shape index (κ3) is 5.08. The van der Waals surface area contributed by atoms with Gasteiger partial charge in [-0.3, -0.25) is 4.79 Å². The fourth-order valence-electron chi connectivity index (χ4n) is 2.98. The number of nitrogens with one attached hydrogen (secondary N) is 1. The van der Waals surface area contributed by atoms with Crippen LogP contribution in [0.1, 0.15) is 43.5 Å². The van der Waals surface area contributed by atoms with E-state index in [0.29, 0.717) is 6.54 Å². The first-order valence-corrected chi connectivity index (χ1v) is 9.86. The Morgan fingerprint density at radius 2 is 1.85 bits per heavy atom. The first-order valence-electron chi connectivity index (χ1n) is 9.07. The number of nitrogens with two attached hydrogens (primary N) is 1. The highest BCUT2D eigenvalue weighted by Gasteiger charge is 2.15. The molecule has 140 valence electrons. The second kappa shape index (κ2) is 9.74. The Balaban J connectivity index is 2.00. The monoisotopic (exact) mass is 419 g/mol. The van der Waals surface area contributed by atoms with Gasteiger partial charge in [0.1, 0.15) is 11.8 Å². The predicted octanol–water partition coefficient (Wildman–Crippen LogP) is 3.85. The molecule has 2 rings (SSSR count). The summed E-state index contributed by atoms with van der Waals surface area (Å²) >= 11 is 3.51. The maximum Gasteiger partial charge on any atom is 0.279 e. The Morgan fingerprint density at radius 3 is 2.38 bits per heavy atom. The minimum Gasteiger partial charge on any atom is -0.496 e. The number of hydrogen-bond acceptors (Lipinski definition) is 2. The molecule has 3 N–H and O–H groups in total. The van der Waals surface area contributed by atoms with Crippen molar-refractivity contribution >= 4 is 27.5 Å². The molecule has 0 saturated heterocycles. The predicted molar refractivity (Wildman–Crippen MR) is 110 cm³/mol. The maximum atomic E-state index is 12.5. The topological polar surface area (TPSA) is 54.9 Å². The Morgan fingerprint density at radius 1 is 1.19 bits per heavy atom. The second-order valence-corrected chi connectivity index (χ2v) is 7.18. The van der Waals surface area contributed by atoms with Crippen molar-refractivity contribution in [1.29, 1.82) is 0 Å². The van der Waals surface area contributed by atoms with E-state index in [-0.39, 0.29) is 11.9 Å². The third-order valence-corrected chi connectivity index (χ3v) is 5.24. The van der Waals surface area contributed by atoms with Gasteiger partial charge in [0.05, 0.1) is 11.6 Å². The molecule has 0 aliphatic heterocycles. The maximum absolute atomic E-state index is 12.5. The van der Waals surface area contributed by atoms with Gasteiger partial charge in [-0.25, -0.2) is 0 Å². The number of amides is 1. The van der Waals surface area contributed by atoms with Crippen molar-refractivity contribution in [3.63, 3.8) is 0 Å². The number of quaternary nitrogens is 1. The third-order valence-electron chi connectivity index (χ3n) is 4.62. The van der Waals surface area contributed by atoms with Crippen LogP contribution in [-0.4, -0.2) is 19.6 Å². The SMILES string of the molecule is CCc1cccc(CC)c1NC(=O)C[NH2+][C@@H](C)c1ccc(OC)c(Br)c1. The molecule has 0 unspecified atom stereocenters. The lowest BCUT2D eigenvalue weighted by atomic mass is 10.0. The Kier molecular flexibility index (Phi) is 7.66. The van der Waals surface area contributed by atoms with Crippen molar-refractivity contribution in [2.75, 3.05) is 19.0 Å². The molecule has 0 bridgehead atoms. The van der Waals surface area contributed by atoms with Gasteiger partial charge in [-0.15, -0.1) is 0 Å². The van der Waals surface area contributed by atoms with E-state index in [1.807, 2.05) is 23.5 Å². The van der Waals surface area contributed by atoms with Crippen LogP contribution in [0.25, 0.3) is 0 Å². The molecule has 26 heavy (non-hydrogen) atoms. The number of hydrogen-bond donors (Lipinski definition) is 2. The lowest BCUT2D eigenvalue weighted by Gasteiger charge is -2.16. The van der Waals surface area contributed by atoms with E-state index in [1.54, 1.807) is 7.11 Å². The van der Waals surface area contributed by atoms with Crippen LogP contribution in [0.15, 0.2) is 40.9 Å². The molecule has 4 nitrogen and oxygen atoms in total. The largest absolute Gasteiger partial charge is 0.496 e. The molecule has 0 spiro atoms. The molecule has 0 aliphatic rings. The van der Waals surface area contributed by atoms with Crippen molar-refractivity contribution in [1.82, 2.24) is 0 Å². The molecule has 2 aromatic carbocycles. The Bertz CT molecular complexity index is 739. The van der Waals surface area contributed by atoms with Crippen LogP contribution in [0.3, 0.4) is 0 Å². The van der Waals surface area contributed by atoms with Gasteiger partial charge in [-0.1, -0.05) is 32.0 Å². The second-order valence-electron chi connectivity index (χ2n) is 6.33. The van der Waals surface area contributed by atoms with Gasteiger partial charge in [-0.05, 0) is 65.0 Å². The summed E-state index contributed by atoms with van der Waals surface area (Å²) in [6.45, 7) is 6.70. The van der Waals surface area contributed by atoms with Crippen LogP contribution in [0.5, 0.6) is 5.75 Å². The highest BCUT2D eigenvalue weighted by molar-refractivity contribution is 9.10. The summed E-state index contributed by atoms with van der Waals surface area (Å²) < 4.78 is 6.19. The number of benzene rings is 2. The summed E-state index contributed by atoms with van der Waals surface area (Å²) in [5.74, 6) is 0.835. The van der Waals surface area contributed by atoms with Gasteiger partial charge < -0.3 is 15.4 Å². The number of carbonyl (C=O) groups is 1. The fraction of sp³-hybridized carbons (Fsp3) is 0.381. The molecule has 0 aromatic heterocycles. The average molecular weight is 420 g/mol. The van der Waals surface area contributed by atoms with Crippen molar-refractivity contribution in [3.05, 3.63) is 57.6 Å². The normalized spacial score (nSPS) is 11.9. The highest BCUT2D eigenvalue weighted by Crippen LogP contribution is 2.27. The van der Waals surface area contributed by atoms with Gasteiger partial charge in [-0.2, -0.15) is 0 Å². The molecule has 2 aromatic rings. The summed E-state index contributed by atoms with van der Waals surface area (Å²) in [6.07, 6.45) is 1.81. The van der Waals surface area contributed by atoms with Crippen molar-refractivity contribution in [2.45, 2.75) is 39.7 Å². The Hall–Kier alpha value is -1.85. The van der Waals surface area contributed by atoms with Crippen LogP contribution < -0.4 is 15.4 Å². The zero-order chi connectivity index (χ0) is 19.1. The highest BCUT2D eigenvalue weighted by atomic mass is 79.9. The summed E-state index contributed by atoms with van der Waals surface area (Å²) in [5, 5.41) is 5.16. The summed E-state index contributed by atoms with van der Waals surface area (Å²) in [5.41, 5.74) is 4.50. The number of carbonyl (C=O) groups excluding carboxylic acids is 1. The van der Waals surface area contributed by atoms with E-state index < -0.39 is 0 Å². The number of para-hydroxylation sites is 1. The van der Waals surface area contributed by atoms with Crippen LogP contribution in [-0.2, 0) is 17.6 Å². The van der Waals surface area contributed by atoms with Crippen LogP contribution in [0.2, 0.25) is 0 Å². The van der Waals surface area contributed by atoms with E-state index in [1.165, 1.54) is 11.1 Å². The van der Waals surface area contributed by atoms with E-state index in [9.17, 15) is 4.79 Å². The number of ether oxygens (including phenoxy) is 1. The minimum absolute atomic E-state index is 0.0278. The van der Waals surface area contributed by atoms with Crippen LogP contribution in [0.4, 0.5) is 5.69 Å². The molecule has 0 aliphatic carbocycles. The molecule has 0 radical (unpaired) electrons. The summed E-state index contributed by atoms with van der Waals surface area (Å²) in [4.78, 5) is 12.5. The molecule has 5 heteroatoms. The summed E-state index contributed by atoms with van der Waals surface area (Å²) in [6, 6.07) is 12.4. The molecular formula is C21H28BrN2O2+. The zero-order valence-electron chi connectivity index (χ0n) is 15.9. The number of rotatable bonds is 8. The van der Waals surface area contributed by atoms with E-state index in [4.69, 9.17) is 4.74 Å². The Labute approximate surface area is 164 Å². The fourth-order valence-corrected chi connectivity index (χ4v) is 3.54. The van der Waals surface area contributed by atoms with Crippen LogP contribution >= 0.6 is 15.9 Å². The standard InChI is InChI=1S/C21H27BrN2O2/c1-5-15-8-7-9-16(6-2)21(15)24-20(25)13-23-14(3)17-10-11-19(26-4)18(22)12-17/h7-12,14,23H,5-6,13H2,1-4H3,(H,24,25)/p+1/t14-/m0/s1. The average Bonchev–Trinajstić information content (AvgIpc) is 2.66. The lowest BCUT2D eigenvalue weighted by Crippen LogP contribution is -2.86. The molecule has 0 fully saturated rings. The van der Waals surface area contributed by atoms with Gasteiger partial charge in [0, 0.05) is 11.3 Å². The summed E-state index contributed by atoms with van der Waals surface area (Å²) in [7, 11) is 1.65. The molecule has 1 amide bonds. The van der Waals surface area contributed by atoms with Gasteiger partial charge in [0.15, 0.2) is 6.54 Å². The van der Waals surface area contributed by atoms with Gasteiger partial charge >= 0.3 is 0 Å². The van der Waals surface area contributed by atoms with E-state index >= 15 is 0 Å². The van der Waals surface area contributed by atoms with Crippen molar-refractivity contribution < 1.29 is 14.8 Å². The van der Waals surface area contributed by atoms with E-state index in [0.717, 1.165) is 34.3 Å². The molecular weight excluding hydrogens is 392 g/mol.